The van der Waals surface area contributed by atoms with Crippen LogP contribution in [0.15, 0.2) is 30.5 Å². The van der Waals surface area contributed by atoms with E-state index in [-0.39, 0.29) is 11.8 Å². The minimum Gasteiger partial charge on any atom is -0.497 e. The molecule has 1 atom stereocenters. The second-order valence-electron chi connectivity index (χ2n) is 8.49. The van der Waals surface area contributed by atoms with Crippen molar-refractivity contribution in [2.24, 2.45) is 5.92 Å². The molecule has 1 unspecified atom stereocenters. The Hall–Kier alpha value is -2.47. The highest BCUT2D eigenvalue weighted by Crippen LogP contribution is 2.31. The van der Waals surface area contributed by atoms with Gasteiger partial charge >= 0.3 is 0 Å². The van der Waals surface area contributed by atoms with Crippen LogP contribution in [-0.2, 0) is 22.6 Å². The van der Waals surface area contributed by atoms with Gasteiger partial charge < -0.3 is 14.4 Å². The Labute approximate surface area is 178 Å². The average Bonchev–Trinajstić information content (AvgIpc) is 3.59. The lowest BCUT2D eigenvalue weighted by Crippen LogP contribution is -2.40. The van der Waals surface area contributed by atoms with Crippen LogP contribution in [0.25, 0.3) is 0 Å². The second kappa shape index (κ2) is 9.56. The highest BCUT2D eigenvalue weighted by atomic mass is 16.5. The monoisotopic (exact) mass is 409 g/mol. The number of carbonyl (C=O) groups excluding carboxylic acids is 1. The number of hydrogen-bond acceptors (Lipinski definition) is 5. The third-order valence-corrected chi connectivity index (χ3v) is 5.98. The Morgan fingerprint density at radius 3 is 2.93 bits per heavy atom. The molecule has 2 aliphatic rings. The Kier molecular flexibility index (Phi) is 6.62. The van der Waals surface area contributed by atoms with E-state index in [0.29, 0.717) is 19.6 Å². The third-order valence-electron chi connectivity index (χ3n) is 5.98. The van der Waals surface area contributed by atoms with Crippen molar-refractivity contribution in [3.63, 3.8) is 0 Å². The van der Waals surface area contributed by atoms with Crippen molar-refractivity contribution in [1.82, 2.24) is 14.9 Å². The smallest absolute Gasteiger partial charge is 0.227 e. The zero-order valence-electron chi connectivity index (χ0n) is 18.0. The number of piperidine rings is 1. The van der Waals surface area contributed by atoms with Crippen LogP contribution in [-0.4, -0.2) is 47.6 Å². The van der Waals surface area contributed by atoms with E-state index < -0.39 is 0 Å². The summed E-state index contributed by atoms with van der Waals surface area (Å²) in [5.41, 5.74) is 3.10. The number of nitrogens with zero attached hydrogens (tertiary/aromatic N) is 3. The molecule has 1 amide bonds. The predicted octanol–water partition coefficient (Wildman–Crippen LogP) is 3.67. The molecular formula is C24H31N3O3. The van der Waals surface area contributed by atoms with E-state index in [2.05, 4.69) is 4.98 Å². The fourth-order valence-electron chi connectivity index (χ4n) is 4.09. The first-order chi connectivity index (χ1) is 14.6. The number of rotatable bonds is 8. The SMILES string of the molecule is COc1cccc(CC(=O)N2CCCC(c3nc(C)ncc3COCC3CC3)C2)c1. The largest absolute Gasteiger partial charge is 0.497 e. The molecule has 0 N–H and O–H groups in total. The number of benzene rings is 1. The molecule has 0 radical (unpaired) electrons. The molecule has 2 fully saturated rings. The van der Waals surface area contributed by atoms with Crippen molar-refractivity contribution < 1.29 is 14.3 Å². The van der Waals surface area contributed by atoms with Gasteiger partial charge in [0.25, 0.3) is 0 Å². The zero-order valence-corrected chi connectivity index (χ0v) is 18.0. The molecule has 0 bridgehead atoms. The molecule has 1 aromatic heterocycles. The van der Waals surface area contributed by atoms with Gasteiger partial charge in [-0.2, -0.15) is 0 Å². The summed E-state index contributed by atoms with van der Waals surface area (Å²) in [7, 11) is 1.64. The number of methoxy groups -OCH3 is 1. The minimum atomic E-state index is 0.158. The molecule has 4 rings (SSSR count). The second-order valence-corrected chi connectivity index (χ2v) is 8.49. The van der Waals surface area contributed by atoms with Gasteiger partial charge in [-0.3, -0.25) is 4.79 Å². The standard InChI is InChI=1S/C24H31N3O3/c1-17-25-13-21(16-30-15-18-8-9-18)24(26-17)20-6-4-10-27(14-20)23(28)12-19-5-3-7-22(11-19)29-2/h3,5,7,11,13,18,20H,4,6,8-10,12,14-16H2,1-2H3. The van der Waals surface area contributed by atoms with Crippen molar-refractivity contribution in [3.8, 4) is 5.75 Å². The molecule has 1 aliphatic heterocycles. The zero-order chi connectivity index (χ0) is 20.9. The molecule has 6 heteroatoms. The number of hydrogen-bond donors (Lipinski definition) is 0. The van der Waals surface area contributed by atoms with Crippen molar-refractivity contribution in [2.75, 3.05) is 26.8 Å². The maximum absolute atomic E-state index is 13.0. The first-order valence-electron chi connectivity index (χ1n) is 10.9. The molecule has 1 aliphatic carbocycles. The topological polar surface area (TPSA) is 64.5 Å². The summed E-state index contributed by atoms with van der Waals surface area (Å²) in [6, 6.07) is 7.74. The van der Waals surface area contributed by atoms with Crippen LogP contribution in [0.1, 0.15) is 54.2 Å². The van der Waals surface area contributed by atoms with E-state index in [9.17, 15) is 4.79 Å². The predicted molar refractivity (Wildman–Crippen MR) is 114 cm³/mol. The van der Waals surface area contributed by atoms with Gasteiger partial charge in [0.2, 0.25) is 5.91 Å². The molecule has 1 saturated carbocycles. The molecule has 160 valence electrons. The summed E-state index contributed by atoms with van der Waals surface area (Å²) >= 11 is 0. The molecule has 2 aromatic rings. The van der Waals surface area contributed by atoms with Crippen molar-refractivity contribution >= 4 is 5.91 Å². The van der Waals surface area contributed by atoms with Gasteiger partial charge in [0.15, 0.2) is 0 Å². The van der Waals surface area contributed by atoms with Gasteiger partial charge in [0.05, 0.1) is 25.8 Å². The molecule has 6 nitrogen and oxygen atoms in total. The van der Waals surface area contributed by atoms with Crippen LogP contribution in [0.3, 0.4) is 0 Å². The lowest BCUT2D eigenvalue weighted by molar-refractivity contribution is -0.131. The van der Waals surface area contributed by atoms with E-state index in [4.69, 9.17) is 14.5 Å². The Balaban J connectivity index is 1.42. The van der Waals surface area contributed by atoms with E-state index >= 15 is 0 Å². The van der Waals surface area contributed by atoms with Crippen LogP contribution in [0.5, 0.6) is 5.75 Å². The number of likely N-dealkylation sites (tertiary alicyclic amines) is 1. The lowest BCUT2D eigenvalue weighted by Gasteiger charge is -2.33. The third kappa shape index (κ3) is 5.36. The van der Waals surface area contributed by atoms with Crippen molar-refractivity contribution in [2.45, 2.75) is 51.6 Å². The molecule has 1 aromatic carbocycles. The number of aromatic nitrogens is 2. The van der Waals surface area contributed by atoms with Crippen LogP contribution in [0.4, 0.5) is 0 Å². The minimum absolute atomic E-state index is 0.158. The first-order valence-corrected chi connectivity index (χ1v) is 10.9. The Morgan fingerprint density at radius 1 is 1.27 bits per heavy atom. The Bertz CT molecular complexity index is 882. The number of aryl methyl sites for hydroxylation is 1. The molecule has 2 heterocycles. The Morgan fingerprint density at radius 2 is 2.13 bits per heavy atom. The van der Waals surface area contributed by atoms with Gasteiger partial charge in [-0.05, 0) is 56.2 Å². The maximum atomic E-state index is 13.0. The van der Waals surface area contributed by atoms with E-state index in [1.54, 1.807) is 7.11 Å². The van der Waals surface area contributed by atoms with Crippen LogP contribution in [0, 0.1) is 12.8 Å². The fraction of sp³-hybridized carbons (Fsp3) is 0.542. The van der Waals surface area contributed by atoms with Gasteiger partial charge in [0.1, 0.15) is 11.6 Å². The molecule has 0 spiro atoms. The van der Waals surface area contributed by atoms with Gasteiger partial charge in [-0.1, -0.05) is 12.1 Å². The number of ether oxygens (including phenoxy) is 2. The summed E-state index contributed by atoms with van der Waals surface area (Å²) < 4.78 is 11.2. The summed E-state index contributed by atoms with van der Waals surface area (Å²) in [6.45, 7) is 4.81. The summed E-state index contributed by atoms with van der Waals surface area (Å²) in [5, 5.41) is 0. The maximum Gasteiger partial charge on any atom is 0.227 e. The fourth-order valence-corrected chi connectivity index (χ4v) is 4.09. The quantitative estimate of drug-likeness (QED) is 0.666. The van der Waals surface area contributed by atoms with Crippen molar-refractivity contribution in [1.29, 1.82) is 0 Å². The van der Waals surface area contributed by atoms with Crippen LogP contribution in [0.2, 0.25) is 0 Å². The number of amides is 1. The van der Waals surface area contributed by atoms with E-state index in [0.717, 1.165) is 60.3 Å². The molecule has 30 heavy (non-hydrogen) atoms. The highest BCUT2D eigenvalue weighted by molar-refractivity contribution is 5.79. The lowest BCUT2D eigenvalue weighted by atomic mass is 9.91. The molecule has 1 saturated heterocycles. The average molecular weight is 410 g/mol. The van der Waals surface area contributed by atoms with Gasteiger partial charge in [-0.25, -0.2) is 9.97 Å². The summed E-state index contributed by atoms with van der Waals surface area (Å²) in [4.78, 5) is 24.1. The highest BCUT2D eigenvalue weighted by Gasteiger charge is 2.28. The summed E-state index contributed by atoms with van der Waals surface area (Å²) in [6.07, 6.45) is 6.88. The van der Waals surface area contributed by atoms with E-state index in [1.165, 1.54) is 12.8 Å². The first kappa shape index (κ1) is 20.8. The van der Waals surface area contributed by atoms with Crippen LogP contribution < -0.4 is 4.74 Å². The van der Waals surface area contributed by atoms with Gasteiger partial charge in [0, 0.05) is 37.4 Å². The van der Waals surface area contributed by atoms with Crippen molar-refractivity contribution in [3.05, 3.63) is 53.1 Å². The van der Waals surface area contributed by atoms with E-state index in [1.807, 2.05) is 42.3 Å². The molecular weight excluding hydrogens is 378 g/mol. The summed E-state index contributed by atoms with van der Waals surface area (Å²) in [5.74, 6) is 2.68. The number of carbonyl (C=O) groups is 1. The van der Waals surface area contributed by atoms with Gasteiger partial charge in [-0.15, -0.1) is 0 Å². The van der Waals surface area contributed by atoms with Crippen LogP contribution >= 0.6 is 0 Å². The normalized spacial score (nSPS) is 19.0.